The van der Waals surface area contributed by atoms with Crippen LogP contribution in [-0.4, -0.2) is 9.97 Å². The molecular formula is C15H16BrClFN3. The summed E-state index contributed by atoms with van der Waals surface area (Å²) < 4.78 is 14.1. The predicted octanol–water partition coefficient (Wildman–Crippen LogP) is 4.90. The third kappa shape index (κ3) is 4.14. The molecule has 0 saturated carbocycles. The van der Waals surface area contributed by atoms with E-state index in [0.717, 1.165) is 28.4 Å². The lowest BCUT2D eigenvalue weighted by atomic mass is 10.2. The summed E-state index contributed by atoms with van der Waals surface area (Å²) in [7, 11) is 0. The SMILES string of the molecule is CCCc1nc(Cl)c(C)c(NCc2cc(F)ccc2Br)n1. The zero-order valence-corrected chi connectivity index (χ0v) is 14.2. The number of aryl methyl sites for hydroxylation is 1. The van der Waals surface area contributed by atoms with Crippen LogP contribution in [0.1, 0.15) is 30.3 Å². The van der Waals surface area contributed by atoms with Gasteiger partial charge in [-0.05, 0) is 37.1 Å². The Morgan fingerprint density at radius 2 is 2.10 bits per heavy atom. The molecule has 0 aliphatic rings. The molecule has 0 aliphatic carbocycles. The molecule has 1 aromatic heterocycles. The number of aromatic nitrogens is 2. The molecule has 2 aromatic rings. The van der Waals surface area contributed by atoms with E-state index in [4.69, 9.17) is 11.6 Å². The van der Waals surface area contributed by atoms with Gasteiger partial charge in [0.25, 0.3) is 0 Å². The van der Waals surface area contributed by atoms with Gasteiger partial charge in [-0.15, -0.1) is 0 Å². The molecule has 1 heterocycles. The average Bonchev–Trinajstić information content (AvgIpc) is 2.44. The molecule has 2 rings (SSSR count). The summed E-state index contributed by atoms with van der Waals surface area (Å²) in [5.74, 6) is 1.14. The number of anilines is 1. The number of halogens is 3. The first-order valence-electron chi connectivity index (χ1n) is 6.72. The third-order valence-electron chi connectivity index (χ3n) is 3.06. The van der Waals surface area contributed by atoms with Crippen molar-refractivity contribution in [1.82, 2.24) is 9.97 Å². The molecule has 3 nitrogen and oxygen atoms in total. The zero-order chi connectivity index (χ0) is 15.4. The summed E-state index contributed by atoms with van der Waals surface area (Å²) in [5, 5.41) is 3.66. The van der Waals surface area contributed by atoms with Crippen LogP contribution in [0.5, 0.6) is 0 Å². The molecule has 6 heteroatoms. The lowest BCUT2D eigenvalue weighted by Crippen LogP contribution is -2.08. The Bertz CT molecular complexity index is 649. The summed E-state index contributed by atoms with van der Waals surface area (Å²) in [6, 6.07) is 4.59. The first-order chi connectivity index (χ1) is 10.0. The summed E-state index contributed by atoms with van der Waals surface area (Å²) in [6.07, 6.45) is 1.73. The molecule has 112 valence electrons. The van der Waals surface area contributed by atoms with E-state index < -0.39 is 0 Å². The van der Waals surface area contributed by atoms with Crippen molar-refractivity contribution in [3.05, 3.63) is 50.6 Å². The number of hydrogen-bond acceptors (Lipinski definition) is 3. The Hall–Kier alpha value is -1.20. The first kappa shape index (κ1) is 16.2. The molecular weight excluding hydrogens is 357 g/mol. The second kappa shape index (κ2) is 7.18. The largest absolute Gasteiger partial charge is 0.366 e. The monoisotopic (exact) mass is 371 g/mol. The van der Waals surface area contributed by atoms with Gasteiger partial charge in [-0.25, -0.2) is 14.4 Å². The molecule has 1 N–H and O–H groups in total. The molecule has 21 heavy (non-hydrogen) atoms. The van der Waals surface area contributed by atoms with E-state index in [0.29, 0.717) is 23.3 Å². The maximum atomic E-state index is 13.3. The van der Waals surface area contributed by atoms with Crippen molar-refractivity contribution >= 4 is 33.3 Å². The Morgan fingerprint density at radius 3 is 2.81 bits per heavy atom. The summed E-state index contributed by atoms with van der Waals surface area (Å²) in [4.78, 5) is 8.73. The van der Waals surface area contributed by atoms with Crippen molar-refractivity contribution in [2.45, 2.75) is 33.2 Å². The molecule has 0 atom stereocenters. The van der Waals surface area contributed by atoms with Crippen molar-refractivity contribution in [1.29, 1.82) is 0 Å². The highest BCUT2D eigenvalue weighted by atomic mass is 79.9. The van der Waals surface area contributed by atoms with Gasteiger partial charge in [-0.2, -0.15) is 0 Å². The van der Waals surface area contributed by atoms with Crippen LogP contribution in [0.3, 0.4) is 0 Å². The fourth-order valence-corrected chi connectivity index (χ4v) is 2.47. The molecule has 0 bridgehead atoms. The van der Waals surface area contributed by atoms with Gasteiger partial charge in [0.15, 0.2) is 0 Å². The lowest BCUT2D eigenvalue weighted by molar-refractivity contribution is 0.625. The summed E-state index contributed by atoms with van der Waals surface area (Å²) in [5.41, 5.74) is 1.62. The maximum absolute atomic E-state index is 13.3. The highest BCUT2D eigenvalue weighted by Crippen LogP contribution is 2.23. The second-order valence-corrected chi connectivity index (χ2v) is 5.96. The number of hydrogen-bond donors (Lipinski definition) is 1. The van der Waals surface area contributed by atoms with E-state index in [9.17, 15) is 4.39 Å². The van der Waals surface area contributed by atoms with Gasteiger partial charge in [-0.1, -0.05) is 34.5 Å². The third-order valence-corrected chi connectivity index (χ3v) is 4.20. The zero-order valence-electron chi connectivity index (χ0n) is 11.9. The van der Waals surface area contributed by atoms with Crippen LogP contribution in [-0.2, 0) is 13.0 Å². The molecule has 0 radical (unpaired) electrons. The second-order valence-electron chi connectivity index (χ2n) is 4.74. The Labute approximate surface area is 137 Å². The Kier molecular flexibility index (Phi) is 5.53. The van der Waals surface area contributed by atoms with Crippen LogP contribution in [0.15, 0.2) is 22.7 Å². The highest BCUT2D eigenvalue weighted by molar-refractivity contribution is 9.10. The number of benzene rings is 1. The molecule has 0 fully saturated rings. The van der Waals surface area contributed by atoms with E-state index in [2.05, 4.69) is 38.1 Å². The summed E-state index contributed by atoms with van der Waals surface area (Å²) in [6.45, 7) is 4.38. The van der Waals surface area contributed by atoms with Gasteiger partial charge in [-0.3, -0.25) is 0 Å². The fourth-order valence-electron chi connectivity index (χ4n) is 1.90. The minimum absolute atomic E-state index is 0.265. The van der Waals surface area contributed by atoms with Gasteiger partial charge in [0.1, 0.15) is 22.6 Å². The minimum Gasteiger partial charge on any atom is -0.366 e. The van der Waals surface area contributed by atoms with Crippen LogP contribution in [0.2, 0.25) is 5.15 Å². The molecule has 0 aliphatic heterocycles. The van der Waals surface area contributed by atoms with Gasteiger partial charge < -0.3 is 5.32 Å². The Balaban J connectivity index is 2.21. The predicted molar refractivity (Wildman–Crippen MR) is 87.2 cm³/mol. The van der Waals surface area contributed by atoms with E-state index in [1.54, 1.807) is 6.07 Å². The van der Waals surface area contributed by atoms with E-state index >= 15 is 0 Å². The van der Waals surface area contributed by atoms with Gasteiger partial charge in [0.2, 0.25) is 0 Å². The minimum atomic E-state index is -0.265. The highest BCUT2D eigenvalue weighted by Gasteiger charge is 2.10. The topological polar surface area (TPSA) is 37.8 Å². The molecule has 0 unspecified atom stereocenters. The van der Waals surface area contributed by atoms with E-state index in [-0.39, 0.29) is 5.82 Å². The van der Waals surface area contributed by atoms with Crippen LogP contribution in [0, 0.1) is 12.7 Å². The van der Waals surface area contributed by atoms with Crippen LogP contribution >= 0.6 is 27.5 Å². The van der Waals surface area contributed by atoms with E-state index in [1.807, 2.05) is 6.92 Å². The number of nitrogens with zero attached hydrogens (tertiary/aromatic N) is 2. The van der Waals surface area contributed by atoms with Gasteiger partial charge in [0.05, 0.1) is 0 Å². The van der Waals surface area contributed by atoms with Crippen LogP contribution in [0.4, 0.5) is 10.2 Å². The molecule has 0 spiro atoms. The first-order valence-corrected chi connectivity index (χ1v) is 7.89. The quantitative estimate of drug-likeness (QED) is 0.758. The normalized spacial score (nSPS) is 10.7. The Morgan fingerprint density at radius 1 is 1.33 bits per heavy atom. The van der Waals surface area contributed by atoms with Crippen molar-refractivity contribution in [2.75, 3.05) is 5.32 Å². The standard InChI is InChI=1S/C15H16BrClFN3/c1-3-4-13-20-14(17)9(2)15(21-13)19-8-10-7-11(18)5-6-12(10)16/h5-7H,3-4,8H2,1-2H3,(H,19,20,21). The maximum Gasteiger partial charge on any atom is 0.137 e. The fraction of sp³-hybridized carbons (Fsp3) is 0.333. The lowest BCUT2D eigenvalue weighted by Gasteiger charge is -2.12. The van der Waals surface area contributed by atoms with Crippen LogP contribution in [0.25, 0.3) is 0 Å². The number of nitrogens with one attached hydrogen (secondary N) is 1. The molecule has 0 amide bonds. The molecule has 1 aromatic carbocycles. The average molecular weight is 373 g/mol. The van der Waals surface area contributed by atoms with Crippen molar-refractivity contribution in [3.63, 3.8) is 0 Å². The van der Waals surface area contributed by atoms with Crippen molar-refractivity contribution < 1.29 is 4.39 Å². The van der Waals surface area contributed by atoms with E-state index in [1.165, 1.54) is 12.1 Å². The van der Waals surface area contributed by atoms with Crippen molar-refractivity contribution in [2.24, 2.45) is 0 Å². The van der Waals surface area contributed by atoms with Crippen LogP contribution < -0.4 is 5.32 Å². The van der Waals surface area contributed by atoms with Gasteiger partial charge in [0, 0.05) is 23.0 Å². The summed E-state index contributed by atoms with van der Waals surface area (Å²) >= 11 is 9.54. The smallest absolute Gasteiger partial charge is 0.137 e. The van der Waals surface area contributed by atoms with Gasteiger partial charge >= 0.3 is 0 Å². The molecule has 0 saturated heterocycles. The number of rotatable bonds is 5. The van der Waals surface area contributed by atoms with Crippen molar-refractivity contribution in [3.8, 4) is 0 Å².